The first-order valence-corrected chi connectivity index (χ1v) is 8.32. The highest BCUT2D eigenvalue weighted by atomic mass is 35.5. The van der Waals surface area contributed by atoms with Gasteiger partial charge in [0, 0.05) is 34.0 Å². The van der Waals surface area contributed by atoms with Gasteiger partial charge in [-0.25, -0.2) is 4.99 Å². The van der Waals surface area contributed by atoms with Crippen molar-refractivity contribution in [2.45, 2.75) is 6.17 Å². The molecule has 0 saturated heterocycles. The van der Waals surface area contributed by atoms with Crippen molar-refractivity contribution in [3.63, 3.8) is 0 Å². The fourth-order valence-corrected chi connectivity index (χ4v) is 3.11. The highest BCUT2D eigenvalue weighted by molar-refractivity contribution is 6.31. The van der Waals surface area contributed by atoms with Gasteiger partial charge in [-0.15, -0.1) is 0 Å². The van der Waals surface area contributed by atoms with Crippen molar-refractivity contribution < 1.29 is 4.57 Å². The summed E-state index contributed by atoms with van der Waals surface area (Å²) < 4.78 is 2.11. The van der Waals surface area contributed by atoms with Crippen LogP contribution < -0.4 is 9.88 Å². The Hall–Kier alpha value is -2.65. The Labute approximate surface area is 146 Å². The number of nitrogens with one attached hydrogen (secondary N) is 1. The topological polar surface area (TPSA) is 28.3 Å². The van der Waals surface area contributed by atoms with Gasteiger partial charge >= 0.3 is 0 Å². The van der Waals surface area contributed by atoms with Gasteiger partial charge in [-0.3, -0.25) is 0 Å². The molecule has 0 aliphatic carbocycles. The number of anilines is 1. The van der Waals surface area contributed by atoms with Crippen molar-refractivity contribution in [2.75, 3.05) is 11.9 Å². The van der Waals surface area contributed by atoms with Gasteiger partial charge in [0.1, 0.15) is 0 Å². The average Bonchev–Trinajstić information content (AvgIpc) is 2.83. The number of benzodiazepines with no additional fused rings is 1. The summed E-state index contributed by atoms with van der Waals surface area (Å²) in [4.78, 5) is 5.06. The van der Waals surface area contributed by atoms with Gasteiger partial charge in [0.25, 0.3) is 6.17 Å². The molecule has 4 heteroatoms. The number of pyridine rings is 1. The molecule has 0 amide bonds. The maximum Gasteiger partial charge on any atom is 0.268 e. The average molecular weight is 335 g/mol. The molecule has 3 aromatic rings. The summed E-state index contributed by atoms with van der Waals surface area (Å²) in [7, 11) is 0. The third-order valence-electron chi connectivity index (χ3n) is 4.12. The van der Waals surface area contributed by atoms with E-state index in [0.29, 0.717) is 5.02 Å². The number of rotatable bonds is 2. The van der Waals surface area contributed by atoms with Crippen LogP contribution in [0.1, 0.15) is 17.3 Å². The minimum absolute atomic E-state index is 0.0208. The van der Waals surface area contributed by atoms with E-state index in [4.69, 9.17) is 16.6 Å². The summed E-state index contributed by atoms with van der Waals surface area (Å²) in [6.07, 6.45) is 4.07. The lowest BCUT2D eigenvalue weighted by Crippen LogP contribution is -2.41. The molecule has 4 rings (SSSR count). The molecular formula is C20H17ClN3+. The number of aromatic nitrogens is 1. The molecule has 0 radical (unpaired) electrons. The van der Waals surface area contributed by atoms with Gasteiger partial charge < -0.3 is 5.32 Å². The molecule has 1 atom stereocenters. The van der Waals surface area contributed by atoms with E-state index >= 15 is 0 Å². The lowest BCUT2D eigenvalue weighted by Gasteiger charge is -2.10. The van der Waals surface area contributed by atoms with Crippen molar-refractivity contribution in [1.82, 2.24) is 0 Å². The standard InChI is InChI=1S/C20H17ClN3/c21-16-9-10-18-17(13-16)20(15-7-3-1-4-8-15)23-19(14-22-18)24-11-5-2-6-12-24/h1-13,19,22H,14H2/q+1. The van der Waals surface area contributed by atoms with Gasteiger partial charge in [0.05, 0.1) is 12.3 Å². The normalized spacial score (nSPS) is 16.5. The predicted molar refractivity (Wildman–Crippen MR) is 97.7 cm³/mol. The van der Waals surface area contributed by atoms with Gasteiger partial charge in [0.15, 0.2) is 12.4 Å². The molecule has 1 aliphatic rings. The Morgan fingerprint density at radius 3 is 2.50 bits per heavy atom. The molecule has 1 N–H and O–H groups in total. The number of fused-ring (bicyclic) bond motifs is 1. The van der Waals surface area contributed by atoms with Crippen molar-refractivity contribution in [3.8, 4) is 0 Å². The zero-order valence-electron chi connectivity index (χ0n) is 13.1. The second-order valence-electron chi connectivity index (χ2n) is 5.72. The molecule has 1 aliphatic heterocycles. The number of hydrogen-bond acceptors (Lipinski definition) is 2. The number of halogens is 1. The Bertz CT molecular complexity index is 876. The number of aliphatic imine (C=N–C) groups is 1. The van der Waals surface area contributed by atoms with Gasteiger partial charge in [0.2, 0.25) is 0 Å². The molecule has 24 heavy (non-hydrogen) atoms. The van der Waals surface area contributed by atoms with Gasteiger partial charge in [-0.1, -0.05) is 48.0 Å². The summed E-state index contributed by atoms with van der Waals surface area (Å²) in [5.41, 5.74) is 4.14. The Morgan fingerprint density at radius 2 is 1.71 bits per heavy atom. The minimum Gasteiger partial charge on any atom is -0.376 e. The molecule has 0 saturated carbocycles. The van der Waals surface area contributed by atoms with E-state index in [1.54, 1.807) is 0 Å². The van der Waals surface area contributed by atoms with Crippen LogP contribution in [0.15, 0.2) is 84.1 Å². The first-order chi connectivity index (χ1) is 11.8. The molecule has 118 valence electrons. The Balaban J connectivity index is 1.88. The first-order valence-electron chi connectivity index (χ1n) is 7.94. The predicted octanol–water partition coefficient (Wildman–Crippen LogP) is 4.09. The van der Waals surface area contributed by atoms with Crippen LogP contribution in [-0.4, -0.2) is 12.3 Å². The molecule has 1 aromatic heterocycles. The summed E-state index contributed by atoms with van der Waals surface area (Å²) in [5, 5.41) is 4.22. The summed E-state index contributed by atoms with van der Waals surface area (Å²) in [6.45, 7) is 0.722. The van der Waals surface area contributed by atoms with Crippen LogP contribution in [0.5, 0.6) is 0 Å². The fourth-order valence-electron chi connectivity index (χ4n) is 2.94. The Kier molecular flexibility index (Phi) is 4.01. The highest BCUT2D eigenvalue weighted by Crippen LogP contribution is 2.27. The van der Waals surface area contributed by atoms with E-state index in [1.807, 2.05) is 67.0 Å². The van der Waals surface area contributed by atoms with E-state index in [1.165, 1.54) is 0 Å². The zero-order valence-corrected chi connectivity index (χ0v) is 13.8. The zero-order chi connectivity index (χ0) is 16.4. The van der Waals surface area contributed by atoms with Crippen molar-refractivity contribution >= 4 is 23.0 Å². The molecule has 2 heterocycles. The minimum atomic E-state index is -0.0208. The molecule has 0 fully saturated rings. The van der Waals surface area contributed by atoms with Crippen LogP contribution in [-0.2, 0) is 0 Å². The second-order valence-corrected chi connectivity index (χ2v) is 6.15. The quantitative estimate of drug-likeness (QED) is 0.702. The van der Waals surface area contributed by atoms with E-state index in [9.17, 15) is 0 Å². The summed E-state index contributed by atoms with van der Waals surface area (Å²) in [6, 6.07) is 22.2. The molecule has 0 spiro atoms. The Morgan fingerprint density at radius 1 is 0.958 bits per heavy atom. The van der Waals surface area contributed by atoms with Crippen molar-refractivity contribution in [3.05, 3.63) is 95.3 Å². The molecule has 2 aromatic carbocycles. The maximum atomic E-state index is 6.25. The molecule has 3 nitrogen and oxygen atoms in total. The summed E-state index contributed by atoms with van der Waals surface area (Å²) in [5.74, 6) is 0. The third kappa shape index (κ3) is 2.91. The van der Waals surface area contributed by atoms with E-state index in [2.05, 4.69) is 22.0 Å². The smallest absolute Gasteiger partial charge is 0.268 e. The first kappa shape index (κ1) is 14.9. The fraction of sp³-hybridized carbons (Fsp3) is 0.100. The molecular weight excluding hydrogens is 318 g/mol. The van der Waals surface area contributed by atoms with Crippen LogP contribution in [0.3, 0.4) is 0 Å². The van der Waals surface area contributed by atoms with Gasteiger partial charge in [-0.2, -0.15) is 4.57 Å². The van der Waals surface area contributed by atoms with Crippen molar-refractivity contribution in [2.24, 2.45) is 4.99 Å². The van der Waals surface area contributed by atoms with Crippen LogP contribution in [0, 0.1) is 0 Å². The van der Waals surface area contributed by atoms with Crippen LogP contribution >= 0.6 is 11.6 Å². The lowest BCUT2D eigenvalue weighted by atomic mass is 10.0. The number of nitrogens with zero attached hydrogens (tertiary/aromatic N) is 2. The van der Waals surface area contributed by atoms with Crippen molar-refractivity contribution in [1.29, 1.82) is 0 Å². The monoisotopic (exact) mass is 334 g/mol. The largest absolute Gasteiger partial charge is 0.376 e. The number of hydrogen-bond donors (Lipinski definition) is 1. The van der Waals surface area contributed by atoms with Crippen LogP contribution in [0.2, 0.25) is 5.02 Å². The second kappa shape index (κ2) is 6.46. The van der Waals surface area contributed by atoms with Gasteiger partial charge in [-0.05, 0) is 18.2 Å². The number of benzene rings is 2. The van der Waals surface area contributed by atoms with E-state index in [-0.39, 0.29) is 6.17 Å². The SMILES string of the molecule is Clc1ccc2c(c1)C(c1ccccc1)=NC([n+]1ccccc1)CN2. The maximum absolute atomic E-state index is 6.25. The van der Waals surface area contributed by atoms with E-state index < -0.39 is 0 Å². The molecule has 1 unspecified atom stereocenters. The van der Waals surface area contributed by atoms with Crippen LogP contribution in [0.4, 0.5) is 5.69 Å². The van der Waals surface area contributed by atoms with Crippen LogP contribution in [0.25, 0.3) is 0 Å². The third-order valence-corrected chi connectivity index (χ3v) is 4.36. The highest BCUT2D eigenvalue weighted by Gasteiger charge is 2.24. The lowest BCUT2D eigenvalue weighted by molar-refractivity contribution is -0.718. The molecule has 0 bridgehead atoms. The van der Waals surface area contributed by atoms with E-state index in [0.717, 1.165) is 29.1 Å². The summed E-state index contributed by atoms with van der Waals surface area (Å²) >= 11 is 6.25.